The minimum absolute atomic E-state index is 0.0876. The largest absolute Gasteiger partial charge is 0.489 e. The van der Waals surface area contributed by atoms with Gasteiger partial charge in [0.1, 0.15) is 12.4 Å². The number of benzene rings is 1. The number of likely N-dealkylation sites (tertiary alicyclic amines) is 1. The Hall–Kier alpha value is -2.60. The van der Waals surface area contributed by atoms with Crippen LogP contribution in [0.3, 0.4) is 0 Å². The van der Waals surface area contributed by atoms with Crippen molar-refractivity contribution in [2.45, 2.75) is 18.9 Å². The molecule has 2 aromatic rings. The first-order chi connectivity index (χ1) is 12.3. The third-order valence-electron chi connectivity index (χ3n) is 4.28. The lowest BCUT2D eigenvalue weighted by atomic mass is 10.1. The summed E-state index contributed by atoms with van der Waals surface area (Å²) in [6.45, 7) is 1.68. The van der Waals surface area contributed by atoms with Crippen LogP contribution < -0.4 is 10.1 Å². The summed E-state index contributed by atoms with van der Waals surface area (Å²) in [5.41, 5.74) is 1.79. The molecule has 0 saturated carbocycles. The van der Waals surface area contributed by atoms with E-state index in [4.69, 9.17) is 9.47 Å². The number of para-hydroxylation sites is 2. The van der Waals surface area contributed by atoms with Gasteiger partial charge in [-0.2, -0.15) is 0 Å². The first-order valence-electron chi connectivity index (χ1n) is 8.48. The van der Waals surface area contributed by atoms with Gasteiger partial charge in [0.2, 0.25) is 0 Å². The molecule has 1 N–H and O–H groups in total. The standard InChI is InChI=1S/C19H23N3O3/c1-24-13-14-25-18-7-3-2-5-16(18)21-19(23)22-12-4-6-17(22)15-8-10-20-11-9-15/h2-3,5,7-11,17H,4,6,12-14H2,1H3,(H,21,23). The topological polar surface area (TPSA) is 63.7 Å². The summed E-state index contributed by atoms with van der Waals surface area (Å²) in [5.74, 6) is 0.646. The average molecular weight is 341 g/mol. The van der Waals surface area contributed by atoms with Gasteiger partial charge in [-0.15, -0.1) is 0 Å². The number of nitrogens with zero attached hydrogens (tertiary/aromatic N) is 2. The Kier molecular flexibility index (Phi) is 5.85. The zero-order chi connectivity index (χ0) is 17.5. The lowest BCUT2D eigenvalue weighted by Gasteiger charge is -2.25. The highest BCUT2D eigenvalue weighted by molar-refractivity contribution is 5.91. The van der Waals surface area contributed by atoms with Crippen LogP contribution in [0.15, 0.2) is 48.8 Å². The van der Waals surface area contributed by atoms with Gasteiger partial charge in [0, 0.05) is 26.0 Å². The maximum absolute atomic E-state index is 12.8. The Labute approximate surface area is 147 Å². The first kappa shape index (κ1) is 17.2. The van der Waals surface area contributed by atoms with Crippen LogP contribution in [-0.2, 0) is 4.74 Å². The van der Waals surface area contributed by atoms with E-state index >= 15 is 0 Å². The Morgan fingerprint density at radius 1 is 1.24 bits per heavy atom. The summed E-state index contributed by atoms with van der Waals surface area (Å²) in [6.07, 6.45) is 5.49. The van der Waals surface area contributed by atoms with Crippen molar-refractivity contribution in [2.24, 2.45) is 0 Å². The molecule has 3 rings (SSSR count). The van der Waals surface area contributed by atoms with Crippen molar-refractivity contribution in [1.29, 1.82) is 0 Å². The summed E-state index contributed by atoms with van der Waals surface area (Å²) in [7, 11) is 1.63. The molecule has 1 aliphatic rings. The summed E-state index contributed by atoms with van der Waals surface area (Å²) < 4.78 is 10.7. The number of aromatic nitrogens is 1. The van der Waals surface area contributed by atoms with Crippen molar-refractivity contribution in [1.82, 2.24) is 9.88 Å². The predicted molar refractivity (Wildman–Crippen MR) is 95.7 cm³/mol. The second kappa shape index (κ2) is 8.48. The van der Waals surface area contributed by atoms with E-state index in [0.717, 1.165) is 24.9 Å². The zero-order valence-corrected chi connectivity index (χ0v) is 14.4. The highest BCUT2D eigenvalue weighted by Gasteiger charge is 2.30. The van der Waals surface area contributed by atoms with Gasteiger partial charge >= 0.3 is 6.03 Å². The maximum Gasteiger partial charge on any atom is 0.322 e. The van der Waals surface area contributed by atoms with E-state index in [1.54, 1.807) is 19.5 Å². The number of carbonyl (C=O) groups excluding carboxylic acids is 1. The summed E-state index contributed by atoms with van der Waals surface area (Å²) in [5, 5.41) is 2.98. The number of anilines is 1. The van der Waals surface area contributed by atoms with Gasteiger partial charge in [0.25, 0.3) is 0 Å². The van der Waals surface area contributed by atoms with Crippen LogP contribution in [-0.4, -0.2) is 42.8 Å². The van der Waals surface area contributed by atoms with Crippen molar-refractivity contribution < 1.29 is 14.3 Å². The quantitative estimate of drug-likeness (QED) is 0.817. The summed E-state index contributed by atoms with van der Waals surface area (Å²) in [4.78, 5) is 18.7. The molecule has 25 heavy (non-hydrogen) atoms. The number of hydrogen-bond acceptors (Lipinski definition) is 4. The smallest absolute Gasteiger partial charge is 0.322 e. The normalized spacial score (nSPS) is 16.7. The number of ether oxygens (including phenoxy) is 2. The molecule has 0 spiro atoms. The minimum atomic E-state index is -0.109. The van der Waals surface area contributed by atoms with Gasteiger partial charge in [0.05, 0.1) is 18.3 Å². The number of carbonyl (C=O) groups is 1. The second-order valence-electron chi connectivity index (χ2n) is 5.90. The van der Waals surface area contributed by atoms with Crippen molar-refractivity contribution in [3.8, 4) is 5.75 Å². The van der Waals surface area contributed by atoms with Crippen molar-refractivity contribution in [3.63, 3.8) is 0 Å². The number of methoxy groups -OCH3 is 1. The molecule has 1 atom stereocenters. The first-order valence-corrected chi connectivity index (χ1v) is 8.48. The highest BCUT2D eigenvalue weighted by atomic mass is 16.5. The van der Waals surface area contributed by atoms with Crippen LogP contribution in [0.25, 0.3) is 0 Å². The molecule has 1 aliphatic heterocycles. The SMILES string of the molecule is COCCOc1ccccc1NC(=O)N1CCCC1c1ccncc1. The fourth-order valence-electron chi connectivity index (χ4n) is 3.06. The van der Waals surface area contributed by atoms with Crippen molar-refractivity contribution in [2.75, 3.05) is 32.2 Å². The number of rotatable bonds is 6. The lowest BCUT2D eigenvalue weighted by molar-refractivity contribution is 0.146. The summed E-state index contributed by atoms with van der Waals surface area (Å²) in [6, 6.07) is 11.4. The third kappa shape index (κ3) is 4.28. The highest BCUT2D eigenvalue weighted by Crippen LogP contribution is 2.33. The van der Waals surface area contributed by atoms with Gasteiger partial charge in [-0.3, -0.25) is 4.98 Å². The fourth-order valence-corrected chi connectivity index (χ4v) is 3.06. The van der Waals surface area contributed by atoms with Crippen molar-refractivity contribution in [3.05, 3.63) is 54.4 Å². The number of hydrogen-bond donors (Lipinski definition) is 1. The predicted octanol–water partition coefficient (Wildman–Crippen LogP) is 3.48. The molecule has 1 fully saturated rings. The van der Waals surface area contributed by atoms with Gasteiger partial charge in [0.15, 0.2) is 0 Å². The Morgan fingerprint density at radius 2 is 2.04 bits per heavy atom. The van der Waals surface area contributed by atoms with E-state index in [9.17, 15) is 4.79 Å². The molecule has 6 heteroatoms. The van der Waals surface area contributed by atoms with E-state index in [0.29, 0.717) is 24.7 Å². The van der Waals surface area contributed by atoms with E-state index < -0.39 is 0 Å². The van der Waals surface area contributed by atoms with Gasteiger partial charge in [-0.05, 0) is 42.7 Å². The molecule has 6 nitrogen and oxygen atoms in total. The lowest BCUT2D eigenvalue weighted by Crippen LogP contribution is -2.34. The number of amides is 2. The molecule has 1 unspecified atom stereocenters. The Bertz CT molecular complexity index is 693. The molecule has 1 aromatic heterocycles. The molecule has 0 aliphatic carbocycles. The van der Waals surface area contributed by atoms with E-state index in [2.05, 4.69) is 10.3 Å². The molecule has 132 valence electrons. The minimum Gasteiger partial charge on any atom is -0.489 e. The van der Waals surface area contributed by atoms with Crippen LogP contribution in [0.2, 0.25) is 0 Å². The average Bonchev–Trinajstić information content (AvgIpc) is 3.14. The molecule has 2 amide bonds. The number of pyridine rings is 1. The fraction of sp³-hybridized carbons (Fsp3) is 0.368. The van der Waals surface area contributed by atoms with Crippen LogP contribution in [0.1, 0.15) is 24.4 Å². The van der Waals surface area contributed by atoms with Crippen LogP contribution >= 0.6 is 0 Å². The third-order valence-corrected chi connectivity index (χ3v) is 4.28. The van der Waals surface area contributed by atoms with E-state index in [1.165, 1.54) is 0 Å². The van der Waals surface area contributed by atoms with Gasteiger partial charge < -0.3 is 19.7 Å². The molecular weight excluding hydrogens is 318 g/mol. The maximum atomic E-state index is 12.8. The van der Waals surface area contributed by atoms with Crippen molar-refractivity contribution >= 4 is 11.7 Å². The molecule has 0 bridgehead atoms. The number of nitrogens with one attached hydrogen (secondary N) is 1. The molecule has 1 saturated heterocycles. The summed E-state index contributed by atoms with van der Waals surface area (Å²) >= 11 is 0. The Balaban J connectivity index is 1.69. The van der Waals surface area contributed by atoms with E-state index in [-0.39, 0.29) is 12.1 Å². The van der Waals surface area contributed by atoms with E-state index in [1.807, 2.05) is 41.3 Å². The number of urea groups is 1. The van der Waals surface area contributed by atoms with Gasteiger partial charge in [-0.25, -0.2) is 4.79 Å². The second-order valence-corrected chi connectivity index (χ2v) is 5.90. The van der Waals surface area contributed by atoms with Crippen LogP contribution in [0, 0.1) is 0 Å². The monoisotopic (exact) mass is 341 g/mol. The zero-order valence-electron chi connectivity index (χ0n) is 14.4. The molecular formula is C19H23N3O3. The van der Waals surface area contributed by atoms with Crippen LogP contribution in [0.4, 0.5) is 10.5 Å². The molecule has 2 heterocycles. The molecule has 0 radical (unpaired) electrons. The Morgan fingerprint density at radius 3 is 2.84 bits per heavy atom. The van der Waals surface area contributed by atoms with Crippen LogP contribution in [0.5, 0.6) is 5.75 Å². The molecule has 1 aromatic carbocycles. The van der Waals surface area contributed by atoms with Gasteiger partial charge in [-0.1, -0.05) is 12.1 Å².